The summed E-state index contributed by atoms with van der Waals surface area (Å²) in [5.41, 5.74) is 4.58. The molecule has 0 bridgehead atoms. The van der Waals surface area contributed by atoms with Gasteiger partial charge in [-0.05, 0) is 141 Å². The first-order valence-corrected chi connectivity index (χ1v) is 29.6. The zero-order valence-corrected chi connectivity index (χ0v) is 47.2. The SMILES string of the molecule is CC(C)c1cc(OC(=O)c2cc(C(C)(C)C)cc(C(C)(C)C)c2)cc(C(C)C)c1S(=O)(=O)[O-].CC(C)c1cc(OS(=O)(=O)c2ccc(C3CCCCCCCCCCC3)cc2)cc(C(C)C)c1S(=O)(=O)[O-]. The summed E-state index contributed by atoms with van der Waals surface area (Å²) in [4.78, 5) is 12.8. The normalized spacial score (nSPS) is 15.3. The standard InChI is InChI=1S/C30H44O6S2.C27H38O5S/c1-22(2)28-20-26(21-29(23(3)4)30(28)37(31,32)33)36-38(34,35)27-18-16-25(17-19-27)24-14-12-10-8-6-5-7-9-11-13-15-24;1-16(2)22-14-21(15-23(17(3)4)24(22)33(29,30)31)32-25(28)18-11-19(26(5,6)7)13-20(12-18)27(8,9)10/h16-24H,5-15H2,1-4H3,(H,31,32,33);11-17H,1-10H3,(H,29,30,31)/p-2. The Kier molecular flexibility index (Phi) is 20.4. The second kappa shape index (κ2) is 24.3. The highest BCUT2D eigenvalue weighted by Gasteiger charge is 2.27. The van der Waals surface area contributed by atoms with E-state index in [1.165, 1.54) is 82.1 Å². The molecule has 0 aromatic heterocycles. The summed E-state index contributed by atoms with van der Waals surface area (Å²) in [6.07, 6.45) is 13.7. The van der Waals surface area contributed by atoms with E-state index >= 15 is 0 Å². The van der Waals surface area contributed by atoms with Gasteiger partial charge in [0.1, 0.15) is 36.6 Å². The molecule has 1 fully saturated rings. The van der Waals surface area contributed by atoms with E-state index in [9.17, 15) is 39.2 Å². The molecule has 0 saturated heterocycles. The summed E-state index contributed by atoms with van der Waals surface area (Å²) in [7, 11) is -13.6. The molecule has 0 N–H and O–H groups in total. The minimum atomic E-state index is -4.75. The van der Waals surface area contributed by atoms with Crippen molar-refractivity contribution in [1.82, 2.24) is 0 Å². The maximum atomic E-state index is 13.2. The molecule has 0 radical (unpaired) electrons. The van der Waals surface area contributed by atoms with E-state index in [1.54, 1.807) is 39.8 Å². The fraction of sp³-hybridized carbons (Fsp3) is 0.561. The molecule has 1 aliphatic carbocycles. The molecule has 4 aromatic rings. The van der Waals surface area contributed by atoms with Crippen molar-refractivity contribution < 1.29 is 48.1 Å². The third kappa shape index (κ3) is 16.7. The molecule has 11 nitrogen and oxygen atoms in total. The Morgan fingerprint density at radius 1 is 0.507 bits per heavy atom. The van der Waals surface area contributed by atoms with Gasteiger partial charge in [-0.2, -0.15) is 8.42 Å². The molecule has 14 heteroatoms. The van der Waals surface area contributed by atoms with Crippen molar-refractivity contribution >= 4 is 36.3 Å². The van der Waals surface area contributed by atoms with Gasteiger partial charge in [0.05, 0.1) is 15.4 Å². The summed E-state index contributed by atoms with van der Waals surface area (Å²) >= 11 is 0. The molecule has 5 rings (SSSR count). The van der Waals surface area contributed by atoms with Crippen LogP contribution < -0.4 is 8.92 Å². The Hall–Kier alpha value is -4.08. The number of hydrogen-bond donors (Lipinski definition) is 0. The summed E-state index contributed by atoms with van der Waals surface area (Å²) in [5, 5.41) is 0. The molecule has 71 heavy (non-hydrogen) atoms. The molecule has 0 heterocycles. The molecule has 0 atom stereocenters. The Balaban J connectivity index is 0.000000312. The van der Waals surface area contributed by atoms with Gasteiger partial charge in [-0.15, -0.1) is 0 Å². The molecule has 0 amide bonds. The fourth-order valence-electron chi connectivity index (χ4n) is 9.05. The Morgan fingerprint density at radius 3 is 1.17 bits per heavy atom. The molecule has 394 valence electrons. The summed E-state index contributed by atoms with van der Waals surface area (Å²) in [6, 6.07) is 18.5. The van der Waals surface area contributed by atoms with Crippen molar-refractivity contribution in [2.24, 2.45) is 0 Å². The molecule has 0 spiro atoms. The average molecular weight is 1040 g/mol. The van der Waals surface area contributed by atoms with Gasteiger partial charge in [-0.25, -0.2) is 21.6 Å². The highest BCUT2D eigenvalue weighted by molar-refractivity contribution is 7.87. The van der Waals surface area contributed by atoms with E-state index in [4.69, 9.17) is 8.92 Å². The molecule has 1 aliphatic rings. The van der Waals surface area contributed by atoms with Crippen LogP contribution in [-0.2, 0) is 41.2 Å². The van der Waals surface area contributed by atoms with Crippen LogP contribution >= 0.6 is 0 Å². The molecular weight excluding hydrogens is 957 g/mol. The molecular formula is C57H80O11S3-2. The first-order valence-electron chi connectivity index (χ1n) is 25.4. The van der Waals surface area contributed by atoms with Crippen LogP contribution in [0, 0.1) is 0 Å². The highest BCUT2D eigenvalue weighted by Crippen LogP contribution is 2.39. The number of esters is 1. The first kappa shape index (κ1) is 59.5. The molecule has 0 aliphatic heterocycles. The number of carbonyl (C=O) groups is 1. The highest BCUT2D eigenvalue weighted by atomic mass is 32.2. The van der Waals surface area contributed by atoms with Crippen molar-refractivity contribution in [2.45, 2.75) is 223 Å². The lowest BCUT2D eigenvalue weighted by Gasteiger charge is -2.26. The Labute approximate surface area is 427 Å². The zero-order chi connectivity index (χ0) is 53.4. The van der Waals surface area contributed by atoms with E-state index in [0.717, 1.165) is 29.5 Å². The van der Waals surface area contributed by atoms with Gasteiger partial charge in [0.2, 0.25) is 0 Å². The first-order chi connectivity index (χ1) is 32.7. The van der Waals surface area contributed by atoms with Gasteiger partial charge in [-0.1, -0.05) is 173 Å². The van der Waals surface area contributed by atoms with Gasteiger partial charge in [0, 0.05) is 0 Å². The maximum Gasteiger partial charge on any atom is 0.343 e. The van der Waals surface area contributed by atoms with Crippen molar-refractivity contribution in [1.29, 1.82) is 0 Å². The van der Waals surface area contributed by atoms with Gasteiger partial charge < -0.3 is 18.0 Å². The average Bonchev–Trinajstić information content (AvgIpc) is 3.24. The third-order valence-corrected chi connectivity index (χ3v) is 16.5. The lowest BCUT2D eigenvalue weighted by atomic mass is 9.79. The Morgan fingerprint density at radius 2 is 0.845 bits per heavy atom. The van der Waals surface area contributed by atoms with E-state index in [-0.39, 0.29) is 71.8 Å². The minimum absolute atomic E-state index is 0.00759. The van der Waals surface area contributed by atoms with E-state index in [2.05, 4.69) is 47.6 Å². The second-order valence-electron chi connectivity index (χ2n) is 22.6. The van der Waals surface area contributed by atoms with Crippen LogP contribution in [0.15, 0.2) is 81.4 Å². The van der Waals surface area contributed by atoms with Crippen LogP contribution in [0.25, 0.3) is 0 Å². The molecule has 4 aromatic carbocycles. The summed E-state index contributed by atoms with van der Waals surface area (Å²) < 4.78 is 110. The lowest BCUT2D eigenvalue weighted by molar-refractivity contribution is 0.0734. The number of ether oxygens (including phenoxy) is 1. The van der Waals surface area contributed by atoms with E-state index in [0.29, 0.717) is 22.6 Å². The Bertz CT molecular complexity index is 2690. The van der Waals surface area contributed by atoms with Crippen molar-refractivity contribution in [3.05, 3.63) is 111 Å². The van der Waals surface area contributed by atoms with Crippen molar-refractivity contribution in [2.75, 3.05) is 0 Å². The van der Waals surface area contributed by atoms with Crippen molar-refractivity contribution in [3.8, 4) is 11.5 Å². The summed E-state index contributed by atoms with van der Waals surface area (Å²) in [6.45, 7) is 26.8. The second-order valence-corrected chi connectivity index (χ2v) is 26.8. The van der Waals surface area contributed by atoms with Crippen LogP contribution in [0.4, 0.5) is 0 Å². The van der Waals surface area contributed by atoms with Crippen LogP contribution in [-0.4, -0.2) is 40.3 Å². The van der Waals surface area contributed by atoms with Gasteiger partial charge in [-0.3, -0.25) is 0 Å². The number of rotatable bonds is 12. The third-order valence-electron chi connectivity index (χ3n) is 13.3. The molecule has 1 saturated carbocycles. The predicted octanol–water partition coefficient (Wildman–Crippen LogP) is 14.6. The predicted molar refractivity (Wildman–Crippen MR) is 282 cm³/mol. The van der Waals surface area contributed by atoms with E-state index in [1.807, 2.05) is 52.0 Å². The van der Waals surface area contributed by atoms with E-state index < -0.39 is 36.3 Å². The quantitative estimate of drug-likeness (QED) is 0.0569. The van der Waals surface area contributed by atoms with Gasteiger partial charge in [0.25, 0.3) is 0 Å². The van der Waals surface area contributed by atoms with Crippen molar-refractivity contribution in [3.63, 3.8) is 0 Å². The zero-order valence-electron chi connectivity index (χ0n) is 44.7. The minimum Gasteiger partial charge on any atom is -0.744 e. The van der Waals surface area contributed by atoms with Crippen LogP contribution in [0.3, 0.4) is 0 Å². The smallest absolute Gasteiger partial charge is 0.343 e. The lowest BCUT2D eigenvalue weighted by Crippen LogP contribution is -2.19. The largest absolute Gasteiger partial charge is 0.744 e. The monoisotopic (exact) mass is 1040 g/mol. The summed E-state index contributed by atoms with van der Waals surface area (Å²) in [5.74, 6) is -0.963. The number of benzene rings is 4. The number of carbonyl (C=O) groups excluding carboxylic acids is 1. The van der Waals surface area contributed by atoms with Crippen LogP contribution in [0.1, 0.15) is 246 Å². The number of hydrogen-bond acceptors (Lipinski definition) is 11. The van der Waals surface area contributed by atoms with Gasteiger partial charge >= 0.3 is 16.1 Å². The maximum absolute atomic E-state index is 13.2. The van der Waals surface area contributed by atoms with Crippen LogP contribution in [0.5, 0.6) is 11.5 Å². The molecule has 0 unspecified atom stereocenters. The topological polar surface area (TPSA) is 184 Å². The fourth-order valence-corrected chi connectivity index (χ4v) is 12.3. The van der Waals surface area contributed by atoms with Crippen LogP contribution in [0.2, 0.25) is 0 Å². The van der Waals surface area contributed by atoms with Gasteiger partial charge in [0.15, 0.2) is 0 Å².